The molecule has 1 N–H and O–H groups in total. The van der Waals surface area contributed by atoms with Gasteiger partial charge in [0.2, 0.25) is 0 Å². The van der Waals surface area contributed by atoms with E-state index in [1.165, 1.54) is 5.56 Å². The number of benzene rings is 2. The van der Waals surface area contributed by atoms with Crippen molar-refractivity contribution in [2.75, 3.05) is 13.1 Å². The monoisotopic (exact) mass is 334 g/mol. The Morgan fingerprint density at radius 2 is 1.84 bits per heavy atom. The van der Waals surface area contributed by atoms with Crippen LogP contribution >= 0.6 is 0 Å². The van der Waals surface area contributed by atoms with Crippen molar-refractivity contribution in [2.24, 2.45) is 0 Å². The minimum atomic E-state index is -0.407. The molecule has 3 aromatic rings. The molecule has 0 saturated carbocycles. The zero-order valence-corrected chi connectivity index (χ0v) is 14.1. The molecule has 1 saturated heterocycles. The number of rotatable bonds is 3. The number of carbonyl (C=O) groups is 1. The normalized spacial score (nSPS) is 17.8. The molecule has 0 bridgehead atoms. The highest BCUT2D eigenvalue weighted by Gasteiger charge is 2.25. The molecule has 4 heteroatoms. The summed E-state index contributed by atoms with van der Waals surface area (Å²) < 4.78 is 2.14. The summed E-state index contributed by atoms with van der Waals surface area (Å²) >= 11 is 0. The van der Waals surface area contributed by atoms with Gasteiger partial charge in [-0.2, -0.15) is 0 Å². The number of likely N-dealkylation sites (tertiary alicyclic amines) is 1. The highest BCUT2D eigenvalue weighted by Crippen LogP contribution is 2.25. The number of aliphatic hydroxyl groups is 1. The fourth-order valence-corrected chi connectivity index (χ4v) is 3.64. The molecule has 128 valence electrons. The molecule has 1 aliphatic heterocycles. The van der Waals surface area contributed by atoms with Gasteiger partial charge in [0.05, 0.1) is 11.7 Å². The van der Waals surface area contributed by atoms with Crippen LogP contribution in [0.1, 0.15) is 28.8 Å². The SMILES string of the molecule is O=C(c1cn(Cc2ccccc2)c2ccccc12)N1CCCC(O)C1. The second-order valence-electron chi connectivity index (χ2n) is 6.72. The summed E-state index contributed by atoms with van der Waals surface area (Å²) in [5.41, 5.74) is 2.99. The Balaban J connectivity index is 1.71. The molecule has 1 aromatic heterocycles. The van der Waals surface area contributed by atoms with Crippen LogP contribution in [0.3, 0.4) is 0 Å². The van der Waals surface area contributed by atoms with Crippen molar-refractivity contribution in [3.8, 4) is 0 Å². The molecular formula is C21H22N2O2. The van der Waals surface area contributed by atoms with Gasteiger partial charge in [-0.05, 0) is 24.5 Å². The molecular weight excluding hydrogens is 312 g/mol. The lowest BCUT2D eigenvalue weighted by Gasteiger charge is -2.30. The van der Waals surface area contributed by atoms with Crippen molar-refractivity contribution in [3.05, 3.63) is 71.9 Å². The predicted octanol–water partition coefficient (Wildman–Crippen LogP) is 3.29. The summed E-state index contributed by atoms with van der Waals surface area (Å²) in [6.45, 7) is 1.88. The van der Waals surface area contributed by atoms with Gasteiger partial charge in [-0.3, -0.25) is 4.79 Å². The first-order chi connectivity index (χ1) is 12.2. The maximum absolute atomic E-state index is 13.0. The van der Waals surface area contributed by atoms with Crippen LogP contribution in [-0.4, -0.2) is 39.7 Å². The van der Waals surface area contributed by atoms with Gasteiger partial charge in [0.25, 0.3) is 5.91 Å². The molecule has 0 radical (unpaired) electrons. The standard InChI is InChI=1S/C21H22N2O2/c24-17-9-6-12-22(14-17)21(25)19-15-23(13-16-7-2-1-3-8-16)20-11-5-4-10-18(19)20/h1-5,7-8,10-11,15,17,24H,6,9,12-14H2. The van der Waals surface area contributed by atoms with E-state index in [0.717, 1.165) is 35.9 Å². The van der Waals surface area contributed by atoms with Crippen LogP contribution in [0.25, 0.3) is 10.9 Å². The number of piperidine rings is 1. The molecule has 1 amide bonds. The number of aliphatic hydroxyl groups excluding tert-OH is 1. The molecule has 4 nitrogen and oxygen atoms in total. The van der Waals surface area contributed by atoms with Crippen LogP contribution in [0.2, 0.25) is 0 Å². The average molecular weight is 334 g/mol. The lowest BCUT2D eigenvalue weighted by atomic mass is 10.1. The highest BCUT2D eigenvalue weighted by atomic mass is 16.3. The van der Waals surface area contributed by atoms with E-state index in [4.69, 9.17) is 0 Å². The van der Waals surface area contributed by atoms with Gasteiger partial charge in [-0.25, -0.2) is 0 Å². The Hall–Kier alpha value is -2.59. The van der Waals surface area contributed by atoms with Crippen LogP contribution in [0, 0.1) is 0 Å². The van der Waals surface area contributed by atoms with Crippen molar-refractivity contribution in [1.29, 1.82) is 0 Å². The zero-order valence-electron chi connectivity index (χ0n) is 14.1. The van der Waals surface area contributed by atoms with Crippen molar-refractivity contribution in [2.45, 2.75) is 25.5 Å². The average Bonchev–Trinajstić information content (AvgIpc) is 3.01. The van der Waals surface area contributed by atoms with E-state index in [0.29, 0.717) is 13.1 Å². The molecule has 25 heavy (non-hydrogen) atoms. The quantitative estimate of drug-likeness (QED) is 0.799. The lowest BCUT2D eigenvalue weighted by Crippen LogP contribution is -2.42. The first-order valence-corrected chi connectivity index (χ1v) is 8.81. The lowest BCUT2D eigenvalue weighted by molar-refractivity contribution is 0.0475. The minimum Gasteiger partial charge on any atom is -0.391 e. The third-order valence-corrected chi connectivity index (χ3v) is 4.90. The number of para-hydroxylation sites is 1. The molecule has 1 aliphatic rings. The van der Waals surface area contributed by atoms with E-state index in [1.54, 1.807) is 4.90 Å². The van der Waals surface area contributed by atoms with Gasteiger partial charge in [-0.15, -0.1) is 0 Å². The largest absolute Gasteiger partial charge is 0.391 e. The summed E-state index contributed by atoms with van der Waals surface area (Å²) in [6.07, 6.45) is 3.19. The van der Waals surface area contributed by atoms with Crippen LogP contribution in [-0.2, 0) is 6.54 Å². The number of hydrogen-bond donors (Lipinski definition) is 1. The van der Waals surface area contributed by atoms with Gasteiger partial charge in [0, 0.05) is 36.7 Å². The van der Waals surface area contributed by atoms with Crippen molar-refractivity contribution in [3.63, 3.8) is 0 Å². The Labute approximate surface area is 147 Å². The predicted molar refractivity (Wildman–Crippen MR) is 98.6 cm³/mol. The van der Waals surface area contributed by atoms with Crippen LogP contribution in [0.15, 0.2) is 60.8 Å². The van der Waals surface area contributed by atoms with Crippen molar-refractivity contribution < 1.29 is 9.90 Å². The first kappa shape index (κ1) is 15.9. The Morgan fingerprint density at radius 3 is 2.64 bits per heavy atom. The molecule has 2 aromatic carbocycles. The first-order valence-electron chi connectivity index (χ1n) is 8.81. The summed E-state index contributed by atoms with van der Waals surface area (Å²) in [5.74, 6) is 0.0155. The second-order valence-corrected chi connectivity index (χ2v) is 6.72. The number of amides is 1. The number of nitrogens with zero attached hydrogens (tertiary/aromatic N) is 2. The smallest absolute Gasteiger partial charge is 0.256 e. The van der Waals surface area contributed by atoms with E-state index >= 15 is 0 Å². The minimum absolute atomic E-state index is 0.0155. The molecule has 4 rings (SSSR count). The van der Waals surface area contributed by atoms with Gasteiger partial charge in [-0.1, -0.05) is 48.5 Å². The Morgan fingerprint density at radius 1 is 1.08 bits per heavy atom. The highest BCUT2D eigenvalue weighted by molar-refractivity contribution is 6.07. The second kappa shape index (κ2) is 6.73. The molecule has 1 unspecified atom stereocenters. The van der Waals surface area contributed by atoms with Gasteiger partial charge < -0.3 is 14.6 Å². The molecule has 2 heterocycles. The summed E-state index contributed by atoms with van der Waals surface area (Å²) in [7, 11) is 0. The van der Waals surface area contributed by atoms with E-state index in [-0.39, 0.29) is 5.91 Å². The Kier molecular flexibility index (Phi) is 4.28. The van der Waals surface area contributed by atoms with Crippen LogP contribution < -0.4 is 0 Å². The maximum atomic E-state index is 13.0. The molecule has 1 fully saturated rings. The van der Waals surface area contributed by atoms with E-state index < -0.39 is 6.10 Å². The third kappa shape index (κ3) is 3.17. The van der Waals surface area contributed by atoms with Gasteiger partial charge in [0.1, 0.15) is 0 Å². The van der Waals surface area contributed by atoms with E-state index in [9.17, 15) is 9.90 Å². The fourth-order valence-electron chi connectivity index (χ4n) is 3.64. The number of aromatic nitrogens is 1. The van der Waals surface area contributed by atoms with Crippen LogP contribution in [0.5, 0.6) is 0 Å². The maximum Gasteiger partial charge on any atom is 0.256 e. The number of carbonyl (C=O) groups excluding carboxylic acids is 1. The van der Waals surface area contributed by atoms with Gasteiger partial charge >= 0.3 is 0 Å². The topological polar surface area (TPSA) is 45.5 Å². The summed E-state index contributed by atoms with van der Waals surface area (Å²) in [4.78, 5) is 14.8. The number of fused-ring (bicyclic) bond motifs is 1. The van der Waals surface area contributed by atoms with Crippen molar-refractivity contribution in [1.82, 2.24) is 9.47 Å². The Bertz CT molecular complexity index is 885. The molecule has 0 spiro atoms. The number of β-amino-alcohol motifs (C(OH)–C–C–N with tert-alkyl or cyclic N) is 1. The van der Waals surface area contributed by atoms with E-state index in [2.05, 4.69) is 22.8 Å². The van der Waals surface area contributed by atoms with Crippen molar-refractivity contribution >= 4 is 16.8 Å². The van der Waals surface area contributed by atoms with E-state index in [1.807, 2.05) is 42.6 Å². The fraction of sp³-hybridized carbons (Fsp3) is 0.286. The summed E-state index contributed by atoms with van der Waals surface area (Å²) in [6, 6.07) is 18.3. The molecule has 1 atom stereocenters. The third-order valence-electron chi connectivity index (χ3n) is 4.90. The summed E-state index contributed by atoms with van der Waals surface area (Å²) in [5, 5.41) is 10.9. The van der Waals surface area contributed by atoms with Gasteiger partial charge in [0.15, 0.2) is 0 Å². The number of hydrogen-bond acceptors (Lipinski definition) is 2. The molecule has 0 aliphatic carbocycles. The zero-order chi connectivity index (χ0) is 17.2. The van der Waals surface area contributed by atoms with Crippen LogP contribution in [0.4, 0.5) is 0 Å².